The Morgan fingerprint density at radius 2 is 2.03 bits per heavy atom. The monoisotopic (exact) mass is 405 g/mol. The Morgan fingerprint density at radius 1 is 1.34 bits per heavy atom. The van der Waals surface area contributed by atoms with Crippen LogP contribution >= 0.6 is 0 Å². The number of nitrogens with zero attached hydrogens (tertiary/aromatic N) is 1. The van der Waals surface area contributed by atoms with E-state index in [0.717, 1.165) is 6.07 Å². The molecule has 0 saturated heterocycles. The average molecular weight is 405 g/mol. The normalized spacial score (nSPS) is 14.8. The predicted molar refractivity (Wildman–Crippen MR) is 107 cm³/mol. The second-order valence-corrected chi connectivity index (χ2v) is 7.70. The molecule has 156 valence electrons. The Hall–Kier alpha value is -2.68. The van der Waals surface area contributed by atoms with Crippen molar-refractivity contribution in [3.05, 3.63) is 35.7 Å². The Bertz CT molecular complexity index is 846. The quantitative estimate of drug-likeness (QED) is 0.338. The SMILES string of the molecule is C=C(OCOC(=O)C(C)(C)C)c1cc(F)cc2c1OB(O)/C(=N\C(=O)CCC)C2. The van der Waals surface area contributed by atoms with Crippen LogP contribution in [-0.4, -0.2) is 36.4 Å². The Balaban J connectivity index is 2.18. The molecule has 29 heavy (non-hydrogen) atoms. The van der Waals surface area contributed by atoms with Gasteiger partial charge in [-0.1, -0.05) is 13.5 Å². The van der Waals surface area contributed by atoms with Crippen LogP contribution in [0.5, 0.6) is 5.75 Å². The summed E-state index contributed by atoms with van der Waals surface area (Å²) in [6.45, 7) is 10.3. The number of benzene rings is 1. The van der Waals surface area contributed by atoms with Crippen molar-refractivity contribution >= 4 is 30.4 Å². The summed E-state index contributed by atoms with van der Waals surface area (Å²) in [5, 5.41) is 10.2. The van der Waals surface area contributed by atoms with Gasteiger partial charge in [0.05, 0.1) is 16.6 Å². The summed E-state index contributed by atoms with van der Waals surface area (Å²) < 4.78 is 29.9. The summed E-state index contributed by atoms with van der Waals surface area (Å²) >= 11 is 0. The molecule has 1 heterocycles. The maximum Gasteiger partial charge on any atom is 0.575 e. The molecule has 7 nitrogen and oxygen atoms in total. The fourth-order valence-corrected chi connectivity index (χ4v) is 2.56. The molecule has 1 aliphatic heterocycles. The van der Waals surface area contributed by atoms with Crippen molar-refractivity contribution in [3.8, 4) is 5.75 Å². The van der Waals surface area contributed by atoms with E-state index in [0.29, 0.717) is 12.0 Å². The summed E-state index contributed by atoms with van der Waals surface area (Å²) in [5.74, 6) is -1.23. The zero-order chi connectivity index (χ0) is 21.8. The largest absolute Gasteiger partial charge is 0.575 e. The first-order valence-corrected chi connectivity index (χ1v) is 9.29. The van der Waals surface area contributed by atoms with E-state index in [1.807, 2.05) is 6.92 Å². The van der Waals surface area contributed by atoms with Gasteiger partial charge in [-0.15, -0.1) is 0 Å². The Morgan fingerprint density at radius 3 is 2.66 bits per heavy atom. The number of carbonyl (C=O) groups is 2. The third-order valence-corrected chi connectivity index (χ3v) is 4.08. The van der Waals surface area contributed by atoms with Gasteiger partial charge in [-0.3, -0.25) is 9.59 Å². The van der Waals surface area contributed by atoms with Gasteiger partial charge in [0.1, 0.15) is 17.3 Å². The molecule has 2 rings (SSSR count). The van der Waals surface area contributed by atoms with Crippen LogP contribution in [-0.2, 0) is 25.5 Å². The maximum atomic E-state index is 14.1. The Labute approximate surface area is 169 Å². The number of carbonyl (C=O) groups excluding carboxylic acids is 2. The summed E-state index contributed by atoms with van der Waals surface area (Å²) in [7, 11) is -1.45. The highest BCUT2D eigenvalue weighted by Gasteiger charge is 2.34. The van der Waals surface area contributed by atoms with Crippen LogP contribution in [0.4, 0.5) is 4.39 Å². The van der Waals surface area contributed by atoms with E-state index < -0.39 is 31.1 Å². The predicted octanol–water partition coefficient (Wildman–Crippen LogP) is 3.08. The lowest BCUT2D eigenvalue weighted by Crippen LogP contribution is -2.39. The van der Waals surface area contributed by atoms with Crippen molar-refractivity contribution in [2.75, 3.05) is 6.79 Å². The van der Waals surface area contributed by atoms with E-state index in [1.54, 1.807) is 20.8 Å². The number of amides is 1. The molecule has 0 unspecified atom stereocenters. The number of halogens is 1. The van der Waals surface area contributed by atoms with Crippen molar-refractivity contribution in [2.45, 2.75) is 47.0 Å². The second-order valence-electron chi connectivity index (χ2n) is 7.70. The lowest BCUT2D eigenvalue weighted by molar-refractivity contribution is -0.161. The smallest absolute Gasteiger partial charge is 0.531 e. The molecule has 1 N–H and O–H groups in total. The average Bonchev–Trinajstić information content (AvgIpc) is 2.61. The molecule has 9 heteroatoms. The molecule has 0 saturated carbocycles. The number of hydrogen-bond donors (Lipinski definition) is 1. The molecule has 0 bridgehead atoms. The summed E-state index contributed by atoms with van der Waals surface area (Å²) in [5.41, 5.74) is -0.0198. The fraction of sp³-hybridized carbons (Fsp3) is 0.450. The second kappa shape index (κ2) is 9.22. The standard InChI is InChI=1S/C20H25BFNO6/c1-6-7-17(24)23-16-9-13-8-14(22)10-15(18(13)29-21(16)26)12(2)27-11-28-19(25)20(3,4)5/h8,10,26H,2,6-7,9,11H2,1,3-5H3/b23-16-. The summed E-state index contributed by atoms with van der Waals surface area (Å²) in [4.78, 5) is 27.4. The highest BCUT2D eigenvalue weighted by molar-refractivity contribution is 6.82. The van der Waals surface area contributed by atoms with Crippen LogP contribution in [0, 0.1) is 11.2 Å². The molecule has 0 fully saturated rings. The van der Waals surface area contributed by atoms with Gasteiger partial charge in [0, 0.05) is 18.4 Å². The molecule has 1 aliphatic rings. The molecular weight excluding hydrogens is 380 g/mol. The molecule has 0 aromatic heterocycles. The van der Waals surface area contributed by atoms with Gasteiger partial charge in [0.2, 0.25) is 12.7 Å². The minimum Gasteiger partial charge on any atom is -0.531 e. The van der Waals surface area contributed by atoms with Crippen molar-refractivity contribution < 1.29 is 33.1 Å². The van der Waals surface area contributed by atoms with Crippen molar-refractivity contribution in [1.82, 2.24) is 0 Å². The van der Waals surface area contributed by atoms with E-state index in [4.69, 9.17) is 14.1 Å². The van der Waals surface area contributed by atoms with Gasteiger partial charge >= 0.3 is 13.1 Å². The maximum absolute atomic E-state index is 14.1. The molecular formula is C20H25BFNO6. The van der Waals surface area contributed by atoms with Gasteiger partial charge in [0.15, 0.2) is 0 Å². The third-order valence-electron chi connectivity index (χ3n) is 4.08. The molecule has 1 aromatic carbocycles. The molecule has 0 radical (unpaired) electrons. The zero-order valence-corrected chi connectivity index (χ0v) is 17.1. The minimum absolute atomic E-state index is 0.0112. The zero-order valence-electron chi connectivity index (χ0n) is 17.1. The molecule has 0 atom stereocenters. The van der Waals surface area contributed by atoms with Gasteiger partial charge in [-0.2, -0.15) is 0 Å². The van der Waals surface area contributed by atoms with Gasteiger partial charge < -0.3 is 19.2 Å². The Kier molecular flexibility index (Phi) is 7.19. The van der Waals surface area contributed by atoms with E-state index in [-0.39, 0.29) is 41.4 Å². The summed E-state index contributed by atoms with van der Waals surface area (Å²) in [6.07, 6.45) is 0.914. The number of esters is 1. The van der Waals surface area contributed by atoms with Crippen molar-refractivity contribution in [2.24, 2.45) is 10.4 Å². The first-order valence-electron chi connectivity index (χ1n) is 9.29. The number of fused-ring (bicyclic) bond motifs is 1. The van der Waals surface area contributed by atoms with Gasteiger partial charge in [0.25, 0.3) is 0 Å². The van der Waals surface area contributed by atoms with E-state index in [2.05, 4.69) is 11.6 Å². The van der Waals surface area contributed by atoms with Gasteiger partial charge in [-0.25, -0.2) is 9.38 Å². The van der Waals surface area contributed by atoms with Crippen molar-refractivity contribution in [3.63, 3.8) is 0 Å². The van der Waals surface area contributed by atoms with Gasteiger partial charge in [-0.05, 0) is 39.3 Å². The van der Waals surface area contributed by atoms with E-state index in [9.17, 15) is 19.0 Å². The van der Waals surface area contributed by atoms with Crippen LogP contribution in [0.15, 0.2) is 23.7 Å². The van der Waals surface area contributed by atoms with Crippen LogP contribution in [0.25, 0.3) is 5.76 Å². The number of hydrogen-bond acceptors (Lipinski definition) is 6. The molecule has 0 spiro atoms. The lowest BCUT2D eigenvalue weighted by atomic mass is 9.75. The van der Waals surface area contributed by atoms with Crippen LogP contribution < -0.4 is 4.65 Å². The van der Waals surface area contributed by atoms with Crippen LogP contribution in [0.1, 0.15) is 51.7 Å². The highest BCUT2D eigenvalue weighted by Crippen LogP contribution is 2.34. The van der Waals surface area contributed by atoms with Crippen LogP contribution in [0.3, 0.4) is 0 Å². The van der Waals surface area contributed by atoms with E-state index in [1.165, 1.54) is 6.07 Å². The highest BCUT2D eigenvalue weighted by atomic mass is 19.1. The first kappa shape index (κ1) is 22.6. The molecule has 1 aromatic rings. The summed E-state index contributed by atoms with van der Waals surface area (Å²) in [6, 6.07) is 2.38. The number of aliphatic imine (C=N–C) groups is 1. The third kappa shape index (κ3) is 5.90. The van der Waals surface area contributed by atoms with Crippen LogP contribution in [0.2, 0.25) is 0 Å². The fourth-order valence-electron chi connectivity index (χ4n) is 2.56. The number of ether oxygens (including phenoxy) is 2. The topological polar surface area (TPSA) is 94.4 Å². The molecule has 0 aliphatic carbocycles. The minimum atomic E-state index is -1.45. The van der Waals surface area contributed by atoms with Crippen molar-refractivity contribution in [1.29, 1.82) is 0 Å². The lowest BCUT2D eigenvalue weighted by Gasteiger charge is -2.25. The van der Waals surface area contributed by atoms with E-state index >= 15 is 0 Å². The molecule has 1 amide bonds. The first-order chi connectivity index (χ1) is 13.5. The number of rotatable bonds is 6.